The molecule has 0 atom stereocenters. The molecule has 0 radical (unpaired) electrons. The van der Waals surface area contributed by atoms with Crippen LogP contribution in [0.25, 0.3) is 17.2 Å². The summed E-state index contributed by atoms with van der Waals surface area (Å²) in [6.45, 7) is 4.44. The summed E-state index contributed by atoms with van der Waals surface area (Å²) < 4.78 is 0. The molecule has 1 aliphatic rings. The van der Waals surface area contributed by atoms with Crippen LogP contribution in [0.5, 0.6) is 0 Å². The van der Waals surface area contributed by atoms with Gasteiger partial charge in [-0.1, -0.05) is 75.6 Å². The van der Waals surface area contributed by atoms with E-state index in [0.717, 1.165) is 35.4 Å². The number of aromatic carboxylic acids is 1. The van der Waals surface area contributed by atoms with Crippen LogP contribution in [0.4, 0.5) is 0 Å². The van der Waals surface area contributed by atoms with Gasteiger partial charge in [-0.3, -0.25) is 0 Å². The molecule has 2 aromatic carbocycles. The lowest BCUT2D eigenvalue weighted by Gasteiger charge is -2.28. The van der Waals surface area contributed by atoms with E-state index in [4.69, 9.17) is 0 Å². The Bertz CT molecular complexity index is 824. The third kappa shape index (κ3) is 5.59. The van der Waals surface area contributed by atoms with E-state index in [-0.39, 0.29) is 0 Å². The van der Waals surface area contributed by atoms with Gasteiger partial charge in [0.25, 0.3) is 0 Å². The van der Waals surface area contributed by atoms with Crippen LogP contribution < -0.4 is 0 Å². The number of benzene rings is 2. The van der Waals surface area contributed by atoms with Gasteiger partial charge in [-0.2, -0.15) is 0 Å². The molecule has 1 N–H and O–H groups in total. The summed E-state index contributed by atoms with van der Waals surface area (Å²) in [6.07, 6.45) is 14.3. The van der Waals surface area contributed by atoms with Gasteiger partial charge in [-0.05, 0) is 78.3 Å². The van der Waals surface area contributed by atoms with E-state index in [1.54, 1.807) is 6.07 Å². The molecule has 2 nitrogen and oxygen atoms in total. The van der Waals surface area contributed by atoms with Gasteiger partial charge >= 0.3 is 5.97 Å². The normalized spacial score (nSPS) is 19.5. The summed E-state index contributed by atoms with van der Waals surface area (Å²) in [4.78, 5) is 11.7. The Morgan fingerprint density at radius 1 is 1.00 bits per heavy atom. The second-order valence-electron chi connectivity index (χ2n) is 8.43. The summed E-state index contributed by atoms with van der Waals surface area (Å²) in [7, 11) is 0. The molecule has 0 unspecified atom stereocenters. The predicted octanol–water partition coefficient (Wildman–Crippen LogP) is 7.94. The number of allylic oxidation sites excluding steroid dienone is 1. The fraction of sp³-hybridized carbons (Fsp3) is 0.444. The number of unbranched alkanes of at least 4 members (excludes halogenated alkanes) is 1. The van der Waals surface area contributed by atoms with Gasteiger partial charge in [-0.15, -0.1) is 0 Å². The maximum absolute atomic E-state index is 11.7. The molecule has 0 heterocycles. The number of rotatable bonds is 8. The van der Waals surface area contributed by atoms with Crippen LogP contribution in [0.15, 0.2) is 48.5 Å². The molecule has 0 bridgehead atoms. The lowest BCUT2D eigenvalue weighted by molar-refractivity contribution is 0.0697. The van der Waals surface area contributed by atoms with E-state index in [0.29, 0.717) is 11.5 Å². The molecular formula is C27H34O2. The summed E-state index contributed by atoms with van der Waals surface area (Å²) >= 11 is 0. The molecule has 3 rings (SSSR count). The van der Waals surface area contributed by atoms with Crippen molar-refractivity contribution in [1.82, 2.24) is 0 Å². The fourth-order valence-electron chi connectivity index (χ4n) is 4.60. The van der Waals surface area contributed by atoms with E-state index < -0.39 is 5.97 Å². The van der Waals surface area contributed by atoms with Crippen molar-refractivity contribution in [3.8, 4) is 11.1 Å². The molecule has 29 heavy (non-hydrogen) atoms. The summed E-state index contributed by atoms with van der Waals surface area (Å²) in [5.74, 6) is 0.693. The molecule has 0 spiro atoms. The van der Waals surface area contributed by atoms with Crippen LogP contribution in [0.3, 0.4) is 0 Å². The van der Waals surface area contributed by atoms with Gasteiger partial charge in [0.1, 0.15) is 0 Å². The Morgan fingerprint density at radius 3 is 2.34 bits per heavy atom. The molecule has 1 fully saturated rings. The zero-order valence-corrected chi connectivity index (χ0v) is 17.9. The zero-order chi connectivity index (χ0) is 20.6. The number of carboxylic acid groups (broad SMARTS) is 1. The Labute approximate surface area is 175 Å². The minimum absolute atomic E-state index is 0.366. The van der Waals surface area contributed by atoms with Gasteiger partial charge in [0.2, 0.25) is 0 Å². The van der Waals surface area contributed by atoms with Crippen molar-refractivity contribution < 1.29 is 9.90 Å². The first-order chi connectivity index (χ1) is 14.1. The molecule has 154 valence electrons. The molecule has 0 aliphatic heterocycles. The molecule has 2 aromatic rings. The molecule has 1 aliphatic carbocycles. The Balaban J connectivity index is 1.79. The van der Waals surface area contributed by atoms with Crippen molar-refractivity contribution in [2.75, 3.05) is 0 Å². The highest BCUT2D eigenvalue weighted by Crippen LogP contribution is 2.38. The molecule has 1 saturated carbocycles. The van der Waals surface area contributed by atoms with Gasteiger partial charge in [0.05, 0.1) is 5.56 Å². The van der Waals surface area contributed by atoms with Crippen LogP contribution in [-0.2, 0) is 0 Å². The number of hydrogen-bond donors (Lipinski definition) is 1. The largest absolute Gasteiger partial charge is 0.478 e. The summed E-state index contributed by atoms with van der Waals surface area (Å²) in [6, 6.07) is 14.3. The standard InChI is InChI=1S/C27H34O2/c1-3-5-6-8-21-11-18-25(27(28)29)26(19-21)24-16-14-23(15-17-24)22-12-9-20(7-4-2)10-13-22/h6,8,11,14-20,22H,3-5,7,9-10,12-13H2,1-2H3,(H,28,29)/b8-6+. The first-order valence-corrected chi connectivity index (χ1v) is 11.3. The minimum Gasteiger partial charge on any atom is -0.478 e. The number of hydrogen-bond acceptors (Lipinski definition) is 1. The Hall–Kier alpha value is -2.35. The van der Waals surface area contributed by atoms with Crippen molar-refractivity contribution in [2.24, 2.45) is 5.92 Å². The lowest BCUT2D eigenvalue weighted by Crippen LogP contribution is -2.13. The maximum atomic E-state index is 11.7. The molecule has 2 heteroatoms. The van der Waals surface area contributed by atoms with Crippen LogP contribution in [-0.4, -0.2) is 11.1 Å². The smallest absolute Gasteiger partial charge is 0.336 e. The van der Waals surface area contributed by atoms with Crippen LogP contribution in [0, 0.1) is 5.92 Å². The summed E-state index contributed by atoms with van der Waals surface area (Å²) in [5.41, 5.74) is 4.60. The van der Waals surface area contributed by atoms with E-state index in [1.165, 1.54) is 44.1 Å². The monoisotopic (exact) mass is 390 g/mol. The maximum Gasteiger partial charge on any atom is 0.336 e. The van der Waals surface area contributed by atoms with E-state index in [2.05, 4.69) is 50.3 Å². The highest BCUT2D eigenvalue weighted by atomic mass is 16.4. The van der Waals surface area contributed by atoms with Crippen molar-refractivity contribution in [3.63, 3.8) is 0 Å². The first-order valence-electron chi connectivity index (χ1n) is 11.3. The van der Waals surface area contributed by atoms with Crippen LogP contribution in [0.1, 0.15) is 92.6 Å². The average molecular weight is 391 g/mol. The number of carboxylic acids is 1. The lowest BCUT2D eigenvalue weighted by atomic mass is 9.77. The molecule has 0 saturated heterocycles. The minimum atomic E-state index is -0.873. The van der Waals surface area contributed by atoms with Crippen LogP contribution >= 0.6 is 0 Å². The molecular weight excluding hydrogens is 356 g/mol. The highest BCUT2D eigenvalue weighted by molar-refractivity contribution is 5.96. The average Bonchev–Trinajstić information content (AvgIpc) is 2.75. The zero-order valence-electron chi connectivity index (χ0n) is 17.9. The second kappa shape index (κ2) is 10.4. The third-order valence-corrected chi connectivity index (χ3v) is 6.28. The van der Waals surface area contributed by atoms with Gasteiger partial charge in [-0.25, -0.2) is 4.79 Å². The molecule has 0 aromatic heterocycles. The van der Waals surface area contributed by atoms with Gasteiger partial charge in [0.15, 0.2) is 0 Å². The predicted molar refractivity (Wildman–Crippen MR) is 122 cm³/mol. The van der Waals surface area contributed by atoms with Crippen molar-refractivity contribution in [1.29, 1.82) is 0 Å². The summed E-state index contributed by atoms with van der Waals surface area (Å²) in [5, 5.41) is 9.64. The van der Waals surface area contributed by atoms with E-state index >= 15 is 0 Å². The van der Waals surface area contributed by atoms with E-state index in [9.17, 15) is 9.90 Å². The Morgan fingerprint density at radius 2 is 1.72 bits per heavy atom. The van der Waals surface area contributed by atoms with Gasteiger partial charge in [0, 0.05) is 0 Å². The van der Waals surface area contributed by atoms with Crippen LogP contribution in [0.2, 0.25) is 0 Å². The second-order valence-corrected chi connectivity index (χ2v) is 8.43. The highest BCUT2D eigenvalue weighted by Gasteiger charge is 2.22. The third-order valence-electron chi connectivity index (χ3n) is 6.28. The SMILES string of the molecule is CCC/C=C/c1ccc(C(=O)O)c(-c2ccc(C3CCC(CCC)CC3)cc2)c1. The first kappa shape index (κ1) is 21.4. The number of carbonyl (C=O) groups is 1. The Kier molecular flexibility index (Phi) is 7.69. The molecule has 0 amide bonds. The quantitative estimate of drug-likeness (QED) is 0.496. The van der Waals surface area contributed by atoms with E-state index in [1.807, 2.05) is 12.1 Å². The van der Waals surface area contributed by atoms with Crippen molar-refractivity contribution >= 4 is 12.0 Å². The topological polar surface area (TPSA) is 37.3 Å². The van der Waals surface area contributed by atoms with Crippen molar-refractivity contribution in [2.45, 2.75) is 71.1 Å². The fourth-order valence-corrected chi connectivity index (χ4v) is 4.60. The van der Waals surface area contributed by atoms with Crippen molar-refractivity contribution in [3.05, 3.63) is 65.2 Å². The van der Waals surface area contributed by atoms with Gasteiger partial charge < -0.3 is 5.11 Å².